The Morgan fingerprint density at radius 1 is 0.679 bits per heavy atom. The van der Waals surface area contributed by atoms with Crippen LogP contribution in [0.5, 0.6) is 0 Å². The molecule has 0 radical (unpaired) electrons. The first-order valence-electron chi connectivity index (χ1n) is 12.9. The first kappa shape index (κ1) is 25.5. The molecule has 1 aliphatic rings. The van der Waals surface area contributed by atoms with E-state index in [2.05, 4.69) is 13.8 Å². The van der Waals surface area contributed by atoms with Gasteiger partial charge in [-0.05, 0) is 24.7 Å². The lowest BCUT2D eigenvalue weighted by Gasteiger charge is -2.19. The van der Waals surface area contributed by atoms with Gasteiger partial charge in [-0.2, -0.15) is 0 Å². The average Bonchev–Trinajstić information content (AvgIpc) is 3.14. The predicted octanol–water partition coefficient (Wildman–Crippen LogP) is 8.62. The number of unbranched alkanes of at least 4 members (excludes halogenated alkanes) is 11. The first-order chi connectivity index (χ1) is 13.8. The zero-order valence-corrected chi connectivity index (χ0v) is 19.3. The molecule has 2 nitrogen and oxygen atoms in total. The van der Waals surface area contributed by atoms with Crippen molar-refractivity contribution in [1.29, 1.82) is 0 Å². The molecule has 1 saturated carbocycles. The van der Waals surface area contributed by atoms with Gasteiger partial charge in [-0.25, -0.2) is 0 Å². The second kappa shape index (κ2) is 18.5. The van der Waals surface area contributed by atoms with E-state index in [1.54, 1.807) is 0 Å². The van der Waals surface area contributed by atoms with Crippen LogP contribution in [0.25, 0.3) is 0 Å². The highest BCUT2D eigenvalue weighted by atomic mass is 16.5. The highest BCUT2D eigenvalue weighted by Crippen LogP contribution is 2.38. The van der Waals surface area contributed by atoms with Gasteiger partial charge in [0.25, 0.3) is 0 Å². The Morgan fingerprint density at radius 2 is 1.18 bits per heavy atom. The molecular formula is C26H50O2. The maximum Gasteiger partial charge on any atom is 0.305 e. The van der Waals surface area contributed by atoms with E-state index in [1.807, 2.05) is 0 Å². The molecule has 0 bridgehead atoms. The highest BCUT2D eigenvalue weighted by Gasteiger charge is 2.25. The van der Waals surface area contributed by atoms with Gasteiger partial charge in [0, 0.05) is 6.42 Å². The van der Waals surface area contributed by atoms with Gasteiger partial charge in [0.05, 0.1) is 6.61 Å². The smallest absolute Gasteiger partial charge is 0.305 e. The summed E-state index contributed by atoms with van der Waals surface area (Å²) in [4.78, 5) is 11.7. The van der Waals surface area contributed by atoms with Crippen molar-refractivity contribution in [3.8, 4) is 0 Å². The monoisotopic (exact) mass is 394 g/mol. The SMILES string of the molecule is CCCCCCCC[C@H]1CCC[C@@H]1CCCCCCC(=O)OCCCCCC. The van der Waals surface area contributed by atoms with Crippen LogP contribution in [0.1, 0.15) is 142 Å². The van der Waals surface area contributed by atoms with Crippen LogP contribution in [-0.2, 0) is 9.53 Å². The maximum atomic E-state index is 11.7. The third-order valence-electron chi connectivity index (χ3n) is 6.71. The van der Waals surface area contributed by atoms with E-state index in [9.17, 15) is 4.79 Å². The third kappa shape index (κ3) is 13.6. The fourth-order valence-electron chi connectivity index (χ4n) is 4.88. The Hall–Kier alpha value is -0.530. The van der Waals surface area contributed by atoms with E-state index < -0.39 is 0 Å². The Bertz CT molecular complexity index is 352. The van der Waals surface area contributed by atoms with Gasteiger partial charge in [-0.3, -0.25) is 4.79 Å². The minimum atomic E-state index is 0.0197. The largest absolute Gasteiger partial charge is 0.466 e. The molecule has 0 heterocycles. The normalized spacial score (nSPS) is 19.2. The molecule has 2 heteroatoms. The molecule has 0 N–H and O–H groups in total. The van der Waals surface area contributed by atoms with Crippen LogP contribution in [0.15, 0.2) is 0 Å². The van der Waals surface area contributed by atoms with Crippen molar-refractivity contribution in [3.63, 3.8) is 0 Å². The van der Waals surface area contributed by atoms with Crippen molar-refractivity contribution < 1.29 is 9.53 Å². The molecule has 166 valence electrons. The maximum absolute atomic E-state index is 11.7. The van der Waals surface area contributed by atoms with E-state index in [4.69, 9.17) is 4.74 Å². The van der Waals surface area contributed by atoms with Crippen molar-refractivity contribution in [3.05, 3.63) is 0 Å². The number of rotatable bonds is 19. The molecule has 1 fully saturated rings. The predicted molar refractivity (Wildman–Crippen MR) is 122 cm³/mol. The van der Waals surface area contributed by atoms with Crippen molar-refractivity contribution in [2.45, 2.75) is 142 Å². The summed E-state index contributed by atoms with van der Waals surface area (Å²) in [6.45, 7) is 5.12. The van der Waals surface area contributed by atoms with Gasteiger partial charge >= 0.3 is 5.97 Å². The van der Waals surface area contributed by atoms with Crippen molar-refractivity contribution in [2.75, 3.05) is 6.61 Å². The molecule has 1 rings (SSSR count). The van der Waals surface area contributed by atoms with E-state index in [-0.39, 0.29) is 5.97 Å². The molecule has 0 unspecified atom stereocenters. The summed E-state index contributed by atoms with van der Waals surface area (Å²) < 4.78 is 5.32. The number of esters is 1. The summed E-state index contributed by atoms with van der Waals surface area (Å²) in [6.07, 6.45) is 26.1. The van der Waals surface area contributed by atoms with Gasteiger partial charge in [0.15, 0.2) is 0 Å². The lowest BCUT2D eigenvalue weighted by Crippen LogP contribution is -2.08. The van der Waals surface area contributed by atoms with Crippen molar-refractivity contribution in [1.82, 2.24) is 0 Å². The number of carbonyl (C=O) groups is 1. The number of carbonyl (C=O) groups excluding carboxylic acids is 1. The topological polar surface area (TPSA) is 26.3 Å². The lowest BCUT2D eigenvalue weighted by molar-refractivity contribution is -0.143. The molecule has 0 aromatic heterocycles. The number of hydrogen-bond acceptors (Lipinski definition) is 2. The second-order valence-corrected chi connectivity index (χ2v) is 9.24. The molecule has 2 atom stereocenters. The number of hydrogen-bond donors (Lipinski definition) is 0. The standard InChI is InChI=1S/C26H50O2/c1-3-5-7-9-10-13-18-24-20-17-21-25(24)19-14-11-12-15-22-26(27)28-23-16-8-6-4-2/h24-25H,3-23H2,1-2H3/t24-,25-/m0/s1. The molecule has 0 amide bonds. The summed E-state index contributed by atoms with van der Waals surface area (Å²) in [5.74, 6) is 2.05. The summed E-state index contributed by atoms with van der Waals surface area (Å²) in [7, 11) is 0. The van der Waals surface area contributed by atoms with E-state index in [1.165, 1.54) is 109 Å². The van der Waals surface area contributed by atoms with Crippen LogP contribution in [0.2, 0.25) is 0 Å². The molecule has 0 aliphatic heterocycles. The van der Waals surface area contributed by atoms with Gasteiger partial charge in [-0.15, -0.1) is 0 Å². The fraction of sp³-hybridized carbons (Fsp3) is 0.962. The third-order valence-corrected chi connectivity index (χ3v) is 6.71. The van der Waals surface area contributed by atoms with Crippen LogP contribution in [0.4, 0.5) is 0 Å². The van der Waals surface area contributed by atoms with Crippen LogP contribution < -0.4 is 0 Å². The minimum absolute atomic E-state index is 0.0197. The lowest BCUT2D eigenvalue weighted by atomic mass is 9.86. The quantitative estimate of drug-likeness (QED) is 0.162. The zero-order valence-electron chi connectivity index (χ0n) is 19.3. The Labute approximate surface area is 176 Å². The van der Waals surface area contributed by atoms with Gasteiger partial charge in [0.2, 0.25) is 0 Å². The van der Waals surface area contributed by atoms with Crippen molar-refractivity contribution in [2.24, 2.45) is 11.8 Å². The first-order valence-corrected chi connectivity index (χ1v) is 12.9. The van der Waals surface area contributed by atoms with Gasteiger partial charge < -0.3 is 4.74 Å². The van der Waals surface area contributed by atoms with E-state index in [0.717, 1.165) is 24.7 Å². The molecule has 0 aromatic carbocycles. The molecular weight excluding hydrogens is 344 g/mol. The highest BCUT2D eigenvalue weighted by molar-refractivity contribution is 5.69. The average molecular weight is 395 g/mol. The summed E-state index contributed by atoms with van der Waals surface area (Å²) >= 11 is 0. The van der Waals surface area contributed by atoms with Crippen LogP contribution >= 0.6 is 0 Å². The van der Waals surface area contributed by atoms with Crippen LogP contribution in [0.3, 0.4) is 0 Å². The summed E-state index contributed by atoms with van der Waals surface area (Å²) in [5, 5.41) is 0. The van der Waals surface area contributed by atoms with Gasteiger partial charge in [0.1, 0.15) is 0 Å². The van der Waals surface area contributed by atoms with Crippen LogP contribution in [-0.4, -0.2) is 12.6 Å². The summed E-state index contributed by atoms with van der Waals surface area (Å²) in [5.41, 5.74) is 0. The molecule has 0 saturated heterocycles. The molecule has 1 aliphatic carbocycles. The molecule has 0 spiro atoms. The Morgan fingerprint density at radius 3 is 1.79 bits per heavy atom. The fourth-order valence-corrected chi connectivity index (χ4v) is 4.88. The van der Waals surface area contributed by atoms with E-state index >= 15 is 0 Å². The zero-order chi connectivity index (χ0) is 20.3. The Balaban J connectivity index is 1.93. The molecule has 28 heavy (non-hydrogen) atoms. The number of ether oxygens (including phenoxy) is 1. The van der Waals surface area contributed by atoms with Crippen molar-refractivity contribution >= 4 is 5.97 Å². The minimum Gasteiger partial charge on any atom is -0.466 e. The second-order valence-electron chi connectivity index (χ2n) is 9.24. The summed E-state index contributed by atoms with van der Waals surface area (Å²) in [6, 6.07) is 0. The van der Waals surface area contributed by atoms with Gasteiger partial charge in [-0.1, -0.05) is 123 Å². The molecule has 0 aromatic rings. The van der Waals surface area contributed by atoms with Crippen LogP contribution in [0, 0.1) is 11.8 Å². The van der Waals surface area contributed by atoms with E-state index in [0.29, 0.717) is 13.0 Å². The Kier molecular flexibility index (Phi) is 16.8.